The lowest BCUT2D eigenvalue weighted by Gasteiger charge is -2.36. The molecule has 0 radical (unpaired) electrons. The highest BCUT2D eigenvalue weighted by Crippen LogP contribution is 2.61. The van der Waals surface area contributed by atoms with Crippen LogP contribution in [0.1, 0.15) is 55.6 Å². The molecule has 0 spiro atoms. The van der Waals surface area contributed by atoms with E-state index >= 15 is 26.3 Å². The Kier molecular flexibility index (Phi) is 14.5. The van der Waals surface area contributed by atoms with E-state index in [0.29, 0.717) is 95.7 Å². The number of rotatable bonds is 15. The number of benzene rings is 13. The molecule has 0 aliphatic heterocycles. The fraction of sp³-hybridized carbons (Fsp3) is 0.0238. The summed E-state index contributed by atoms with van der Waals surface area (Å²) in [6.07, 6.45) is 3.46. The maximum absolute atomic E-state index is 17.5. The van der Waals surface area contributed by atoms with Gasteiger partial charge in [-0.3, -0.25) is 0 Å². The predicted octanol–water partition coefficient (Wildman–Crippen LogP) is 22.9. The molecule has 9 heteroatoms. The van der Waals surface area contributed by atoms with Crippen LogP contribution in [0.15, 0.2) is 298 Å². The third kappa shape index (κ3) is 9.53. The molecule has 0 N–H and O–H groups in total. The number of halogens is 6. The molecule has 0 heterocycles. The molecular formula is C84H53F6NO2. The Hall–Kier alpha value is -11.7. The van der Waals surface area contributed by atoms with Gasteiger partial charge in [0.15, 0.2) is 23.3 Å². The number of hydrogen-bond acceptors (Lipinski definition) is 3. The molecule has 93 heavy (non-hydrogen) atoms. The highest BCUT2D eigenvalue weighted by atomic mass is 19.2. The van der Waals surface area contributed by atoms with Gasteiger partial charge in [-0.25, -0.2) is 26.3 Å². The van der Waals surface area contributed by atoms with Gasteiger partial charge >= 0.3 is 0 Å². The Bertz CT molecular complexity index is 4830. The first-order chi connectivity index (χ1) is 45.5. The van der Waals surface area contributed by atoms with Crippen LogP contribution in [0.25, 0.3) is 56.7 Å². The van der Waals surface area contributed by atoms with Crippen molar-refractivity contribution < 1.29 is 35.8 Å². The van der Waals surface area contributed by atoms with E-state index in [0.717, 1.165) is 57.6 Å². The molecular weight excluding hydrogens is 1170 g/mol. The number of ether oxygens (including phenoxy) is 2. The molecule has 0 saturated heterocycles. The van der Waals surface area contributed by atoms with Crippen molar-refractivity contribution in [2.75, 3.05) is 4.90 Å². The monoisotopic (exact) mass is 1220 g/mol. The van der Waals surface area contributed by atoms with Gasteiger partial charge in [0.05, 0.1) is 10.8 Å². The average molecular weight is 1220 g/mol. The molecule has 0 bridgehead atoms. The van der Waals surface area contributed by atoms with Gasteiger partial charge in [0.25, 0.3) is 0 Å². The summed E-state index contributed by atoms with van der Waals surface area (Å²) in [6, 6.07) is 84.5. The predicted molar refractivity (Wildman–Crippen MR) is 360 cm³/mol. The van der Waals surface area contributed by atoms with Crippen LogP contribution in [0.3, 0.4) is 0 Å². The van der Waals surface area contributed by atoms with Crippen LogP contribution in [0.4, 0.5) is 43.4 Å². The first kappa shape index (κ1) is 57.7. The summed E-state index contributed by atoms with van der Waals surface area (Å²) in [5, 5.41) is 0. The largest absolute Gasteiger partial charge is 0.457 e. The molecule has 3 nitrogen and oxygen atoms in total. The summed E-state index contributed by atoms with van der Waals surface area (Å²) in [6.45, 7) is 7.71. The van der Waals surface area contributed by atoms with E-state index in [9.17, 15) is 0 Å². The zero-order chi connectivity index (χ0) is 63.5. The highest BCUT2D eigenvalue weighted by molar-refractivity contribution is 5.94. The summed E-state index contributed by atoms with van der Waals surface area (Å²) >= 11 is 0. The van der Waals surface area contributed by atoms with Gasteiger partial charge in [-0.1, -0.05) is 201 Å². The molecule has 448 valence electrons. The molecule has 13 aromatic carbocycles. The second-order valence-electron chi connectivity index (χ2n) is 23.1. The Morgan fingerprint density at radius 3 is 1.09 bits per heavy atom. The van der Waals surface area contributed by atoms with Crippen molar-refractivity contribution in [3.8, 4) is 67.5 Å². The van der Waals surface area contributed by atoms with Crippen LogP contribution in [0.5, 0.6) is 23.0 Å². The second-order valence-corrected chi connectivity index (χ2v) is 23.1. The Labute approximate surface area is 534 Å². The molecule has 0 saturated carbocycles. The lowest BCUT2D eigenvalue weighted by atomic mass is 9.67. The van der Waals surface area contributed by atoms with Crippen molar-refractivity contribution >= 4 is 29.2 Å². The van der Waals surface area contributed by atoms with Gasteiger partial charge in [0, 0.05) is 28.2 Å². The molecule has 2 aliphatic carbocycles. The normalized spacial score (nSPS) is 14.9. The molecule has 2 atom stereocenters. The number of fused-ring (bicyclic) bond motifs is 6. The van der Waals surface area contributed by atoms with Crippen molar-refractivity contribution in [3.05, 3.63) is 389 Å². The molecule has 0 aromatic heterocycles. The molecule has 0 amide bonds. The van der Waals surface area contributed by atoms with Gasteiger partial charge in [0.1, 0.15) is 34.6 Å². The SMILES string of the molecule is C=Cc1ccc(Oc2ccc(C3(c4c(F)ccc(F)c4F)c4ccccc4-c4ccc(N(c5cccc(-c6ccccc6-c6ccccc6)c5)c5ccc6c(c5)C(c5ccc(Oc7ccc(C=C)cc7)cc5)(c5c(F)ccc(F)c5F)c5ccccc5-6)cc43)cc2)cc1. The van der Waals surface area contributed by atoms with Crippen LogP contribution in [0.2, 0.25) is 0 Å². The first-order valence-corrected chi connectivity index (χ1v) is 30.3. The Balaban J connectivity index is 0.983. The maximum Gasteiger partial charge on any atom is 0.166 e. The van der Waals surface area contributed by atoms with Crippen molar-refractivity contribution in [2.45, 2.75) is 10.8 Å². The van der Waals surface area contributed by atoms with Gasteiger partial charge in [0.2, 0.25) is 0 Å². The lowest BCUT2D eigenvalue weighted by Crippen LogP contribution is -2.32. The molecule has 0 fully saturated rings. The van der Waals surface area contributed by atoms with Gasteiger partial charge in [-0.2, -0.15) is 0 Å². The fourth-order valence-corrected chi connectivity index (χ4v) is 14.0. The van der Waals surface area contributed by atoms with E-state index in [2.05, 4.69) is 43.5 Å². The van der Waals surface area contributed by atoms with Crippen molar-refractivity contribution in [1.29, 1.82) is 0 Å². The molecule has 2 unspecified atom stereocenters. The van der Waals surface area contributed by atoms with Crippen LogP contribution in [0, 0.1) is 34.9 Å². The molecule has 13 aromatic rings. The third-order valence-corrected chi connectivity index (χ3v) is 18.1. The summed E-state index contributed by atoms with van der Waals surface area (Å²) in [4.78, 5) is 2.00. The fourth-order valence-electron chi connectivity index (χ4n) is 14.0. The molecule has 15 rings (SSSR count). The third-order valence-electron chi connectivity index (χ3n) is 18.1. The smallest absolute Gasteiger partial charge is 0.166 e. The second kappa shape index (κ2) is 23.3. The summed E-state index contributed by atoms with van der Waals surface area (Å²) < 4.78 is 115. The van der Waals surface area contributed by atoms with Crippen LogP contribution >= 0.6 is 0 Å². The number of anilines is 3. The minimum Gasteiger partial charge on any atom is -0.457 e. The Morgan fingerprint density at radius 2 is 0.645 bits per heavy atom. The first-order valence-electron chi connectivity index (χ1n) is 30.3. The van der Waals surface area contributed by atoms with Gasteiger partial charge < -0.3 is 14.4 Å². The standard InChI is InChI=1S/C84H53F6NO2/c1-3-52-25-35-61(36-26-52)92-63-39-29-56(30-40-63)83(79-75(85)45-47-77(87)81(79)89)71-23-12-10-21-67(71)69-43-33-59(50-73(69)83)91(58-18-14-17-55(49-58)66-20-9-8-19-65(66)54-15-6-5-7-16-54)60-34-44-70-68-22-11-13-24-72(68)84(74(70)51-60,80-76(86)46-48-78(88)82(80)90)57-31-41-64(42-32-57)93-62-37-27-53(4-2)28-38-62/h3-51H,1-2H2. The van der Waals surface area contributed by atoms with E-state index in [1.54, 1.807) is 72.8 Å². The summed E-state index contributed by atoms with van der Waals surface area (Å²) in [5.41, 5.74) is 7.69. The lowest BCUT2D eigenvalue weighted by molar-refractivity contribution is 0.463. The average Bonchev–Trinajstić information content (AvgIpc) is 1.56. The van der Waals surface area contributed by atoms with E-state index in [4.69, 9.17) is 9.47 Å². The van der Waals surface area contributed by atoms with Crippen LogP contribution in [-0.4, -0.2) is 0 Å². The minimum absolute atomic E-state index is 0.413. The zero-order valence-corrected chi connectivity index (χ0v) is 49.7. The number of hydrogen-bond donors (Lipinski definition) is 0. The van der Waals surface area contributed by atoms with E-state index in [1.165, 1.54) is 0 Å². The minimum atomic E-state index is -1.85. The highest BCUT2D eigenvalue weighted by Gasteiger charge is 2.52. The van der Waals surface area contributed by atoms with Crippen molar-refractivity contribution in [2.24, 2.45) is 0 Å². The summed E-state index contributed by atoms with van der Waals surface area (Å²) in [5.74, 6) is -5.17. The van der Waals surface area contributed by atoms with Crippen LogP contribution < -0.4 is 14.4 Å². The van der Waals surface area contributed by atoms with Gasteiger partial charge in [-0.15, -0.1) is 0 Å². The van der Waals surface area contributed by atoms with Gasteiger partial charge in [-0.05, 0) is 198 Å². The Morgan fingerprint density at radius 1 is 0.290 bits per heavy atom. The topological polar surface area (TPSA) is 21.7 Å². The van der Waals surface area contributed by atoms with Crippen LogP contribution in [-0.2, 0) is 10.8 Å². The zero-order valence-electron chi connectivity index (χ0n) is 49.7. The molecule has 2 aliphatic rings. The quantitative estimate of drug-likeness (QED) is 0.0754. The van der Waals surface area contributed by atoms with Crippen molar-refractivity contribution in [3.63, 3.8) is 0 Å². The number of nitrogens with zero attached hydrogens (tertiary/aromatic N) is 1. The van der Waals surface area contributed by atoms with E-state index in [-0.39, 0.29) is 0 Å². The van der Waals surface area contributed by atoms with E-state index < -0.39 is 56.9 Å². The maximum atomic E-state index is 17.5. The van der Waals surface area contributed by atoms with Crippen molar-refractivity contribution in [1.82, 2.24) is 0 Å². The van der Waals surface area contributed by atoms with E-state index in [1.807, 2.05) is 175 Å². The summed E-state index contributed by atoms with van der Waals surface area (Å²) in [7, 11) is 0.